The van der Waals surface area contributed by atoms with Gasteiger partial charge in [-0.25, -0.2) is 4.39 Å². The third-order valence-corrected chi connectivity index (χ3v) is 2.80. The number of nitrogen functional groups attached to an aromatic ring is 1. The molecule has 0 atom stereocenters. The third kappa shape index (κ3) is 1.06. The predicted octanol–water partition coefficient (Wildman–Crippen LogP) is 3.28. The predicted molar refractivity (Wildman–Crippen MR) is 51.2 cm³/mol. The quantitative estimate of drug-likeness (QED) is 0.651. The molecule has 62 valence electrons. The van der Waals surface area contributed by atoms with Crippen LogP contribution in [0.25, 0.3) is 10.1 Å². The van der Waals surface area contributed by atoms with E-state index in [1.807, 2.05) is 0 Å². The molecular weight excluding hydrogens is 197 g/mol. The van der Waals surface area contributed by atoms with E-state index < -0.39 is 0 Å². The summed E-state index contributed by atoms with van der Waals surface area (Å²) in [6.07, 6.45) is 0. The number of hydrogen-bond donors (Lipinski definition) is 1. The molecule has 4 heteroatoms. The van der Waals surface area contributed by atoms with Gasteiger partial charge in [0.15, 0.2) is 0 Å². The lowest BCUT2D eigenvalue weighted by molar-refractivity contribution is 0.644. The van der Waals surface area contributed by atoms with Crippen LogP contribution in [0.1, 0.15) is 0 Å². The van der Waals surface area contributed by atoms with Crippen molar-refractivity contribution in [1.29, 1.82) is 0 Å². The maximum Gasteiger partial charge on any atom is 0.143 e. The summed E-state index contributed by atoms with van der Waals surface area (Å²) in [5, 5.41) is 2.27. The van der Waals surface area contributed by atoms with Gasteiger partial charge in [0.05, 0.1) is 5.02 Å². The van der Waals surface area contributed by atoms with Crippen LogP contribution in [-0.2, 0) is 0 Å². The van der Waals surface area contributed by atoms with Crippen molar-refractivity contribution in [2.45, 2.75) is 0 Å². The lowest BCUT2D eigenvalue weighted by atomic mass is 10.2. The fourth-order valence-electron chi connectivity index (χ4n) is 1.10. The molecule has 0 bridgehead atoms. The normalized spacial score (nSPS) is 10.8. The number of fused-ring (bicyclic) bond motifs is 1. The molecule has 0 saturated heterocycles. The van der Waals surface area contributed by atoms with Crippen LogP contribution in [-0.4, -0.2) is 0 Å². The summed E-state index contributed by atoms with van der Waals surface area (Å²) in [4.78, 5) is 0. The van der Waals surface area contributed by atoms with Crippen molar-refractivity contribution in [1.82, 2.24) is 0 Å². The summed E-state index contributed by atoms with van der Waals surface area (Å²) in [6.45, 7) is 0. The second kappa shape index (κ2) is 2.61. The molecule has 0 saturated carbocycles. The Hall–Kier alpha value is -0.800. The van der Waals surface area contributed by atoms with Gasteiger partial charge in [0, 0.05) is 21.2 Å². The minimum Gasteiger partial charge on any atom is -0.399 e. The summed E-state index contributed by atoms with van der Waals surface area (Å²) >= 11 is 7.10. The zero-order valence-corrected chi connectivity index (χ0v) is 7.55. The third-order valence-electron chi connectivity index (χ3n) is 1.60. The Balaban J connectivity index is 2.93. The number of rotatable bonds is 0. The molecule has 0 unspecified atom stereocenters. The average Bonchev–Trinajstić information content (AvgIpc) is 2.31. The smallest absolute Gasteiger partial charge is 0.143 e. The molecule has 0 aliphatic rings. The van der Waals surface area contributed by atoms with Crippen molar-refractivity contribution in [3.63, 3.8) is 0 Å². The summed E-state index contributed by atoms with van der Waals surface area (Å²) in [5.74, 6) is -0.278. The topological polar surface area (TPSA) is 26.0 Å². The van der Waals surface area contributed by atoms with Gasteiger partial charge in [-0.2, -0.15) is 0 Å². The second-order valence-corrected chi connectivity index (χ2v) is 3.78. The average molecular weight is 202 g/mol. The summed E-state index contributed by atoms with van der Waals surface area (Å²) in [5.41, 5.74) is 6.10. The SMILES string of the molecule is Nc1cc(Cl)c2c(F)csc2c1. The maximum atomic E-state index is 13.0. The van der Waals surface area contributed by atoms with Gasteiger partial charge in [0.25, 0.3) is 0 Å². The standard InChI is InChI=1S/C8H5ClFNS/c9-5-1-4(11)2-7-8(5)6(10)3-12-7/h1-3H,11H2. The molecule has 1 aromatic carbocycles. The van der Waals surface area contributed by atoms with E-state index >= 15 is 0 Å². The molecule has 0 aliphatic carbocycles. The van der Waals surface area contributed by atoms with Crippen LogP contribution in [0.15, 0.2) is 17.5 Å². The van der Waals surface area contributed by atoms with Crippen molar-refractivity contribution in [2.24, 2.45) is 0 Å². The molecule has 2 aromatic rings. The molecule has 0 amide bonds. The van der Waals surface area contributed by atoms with E-state index in [0.29, 0.717) is 16.1 Å². The summed E-state index contributed by atoms with van der Waals surface area (Å²) in [7, 11) is 0. The number of halogens is 2. The van der Waals surface area contributed by atoms with Crippen molar-refractivity contribution in [3.05, 3.63) is 28.4 Å². The van der Waals surface area contributed by atoms with Crippen LogP contribution in [0, 0.1) is 5.82 Å². The van der Waals surface area contributed by atoms with E-state index in [2.05, 4.69) is 0 Å². The van der Waals surface area contributed by atoms with Crippen LogP contribution in [0.2, 0.25) is 5.02 Å². The van der Waals surface area contributed by atoms with Gasteiger partial charge in [-0.3, -0.25) is 0 Å². The molecule has 1 heterocycles. The van der Waals surface area contributed by atoms with Crippen LogP contribution in [0.5, 0.6) is 0 Å². The van der Waals surface area contributed by atoms with Gasteiger partial charge >= 0.3 is 0 Å². The Labute approximate surface area is 77.6 Å². The number of nitrogens with two attached hydrogens (primary N) is 1. The van der Waals surface area contributed by atoms with Gasteiger partial charge in [-0.15, -0.1) is 11.3 Å². The molecule has 0 spiro atoms. The van der Waals surface area contributed by atoms with Crippen LogP contribution >= 0.6 is 22.9 Å². The van der Waals surface area contributed by atoms with E-state index in [1.54, 1.807) is 12.1 Å². The Bertz CT molecular complexity index is 438. The van der Waals surface area contributed by atoms with Crippen molar-refractivity contribution in [3.8, 4) is 0 Å². The summed E-state index contributed by atoms with van der Waals surface area (Å²) < 4.78 is 13.8. The highest BCUT2D eigenvalue weighted by Gasteiger charge is 2.07. The van der Waals surface area contributed by atoms with Crippen LogP contribution < -0.4 is 5.73 Å². The molecule has 12 heavy (non-hydrogen) atoms. The maximum absolute atomic E-state index is 13.0. The van der Waals surface area contributed by atoms with Crippen molar-refractivity contribution >= 4 is 38.7 Å². The number of hydrogen-bond acceptors (Lipinski definition) is 2. The van der Waals surface area contributed by atoms with Gasteiger partial charge in [-0.1, -0.05) is 11.6 Å². The minimum absolute atomic E-state index is 0.278. The Morgan fingerprint density at radius 3 is 2.92 bits per heavy atom. The summed E-state index contributed by atoms with van der Waals surface area (Å²) in [6, 6.07) is 3.27. The highest BCUT2D eigenvalue weighted by molar-refractivity contribution is 7.17. The Morgan fingerprint density at radius 2 is 2.17 bits per heavy atom. The lowest BCUT2D eigenvalue weighted by Gasteiger charge is -1.96. The molecule has 2 N–H and O–H groups in total. The van der Waals surface area contributed by atoms with Crippen LogP contribution in [0.3, 0.4) is 0 Å². The first-order valence-corrected chi connectivity index (χ1v) is 4.56. The highest BCUT2D eigenvalue weighted by atomic mass is 35.5. The first kappa shape index (κ1) is 7.83. The number of thiophene rings is 1. The molecule has 0 radical (unpaired) electrons. The van der Waals surface area contributed by atoms with E-state index in [9.17, 15) is 4.39 Å². The first-order valence-electron chi connectivity index (χ1n) is 3.30. The minimum atomic E-state index is -0.278. The Morgan fingerprint density at radius 1 is 1.42 bits per heavy atom. The molecule has 0 fully saturated rings. The fraction of sp³-hybridized carbons (Fsp3) is 0. The van der Waals surface area contributed by atoms with Crippen molar-refractivity contribution < 1.29 is 4.39 Å². The molecular formula is C8H5ClFNS. The fourth-order valence-corrected chi connectivity index (χ4v) is 2.35. The highest BCUT2D eigenvalue weighted by Crippen LogP contribution is 2.32. The monoisotopic (exact) mass is 201 g/mol. The largest absolute Gasteiger partial charge is 0.399 e. The molecule has 1 nitrogen and oxygen atoms in total. The zero-order chi connectivity index (χ0) is 8.72. The van der Waals surface area contributed by atoms with Crippen molar-refractivity contribution in [2.75, 3.05) is 5.73 Å². The lowest BCUT2D eigenvalue weighted by Crippen LogP contribution is -1.83. The zero-order valence-electron chi connectivity index (χ0n) is 5.97. The molecule has 1 aromatic heterocycles. The Kier molecular flexibility index (Phi) is 1.70. The molecule has 0 aliphatic heterocycles. The van der Waals surface area contributed by atoms with E-state index in [4.69, 9.17) is 17.3 Å². The number of benzene rings is 1. The van der Waals surface area contributed by atoms with Gasteiger partial charge < -0.3 is 5.73 Å². The van der Waals surface area contributed by atoms with Crippen LogP contribution in [0.4, 0.5) is 10.1 Å². The first-order chi connectivity index (χ1) is 5.68. The molecule has 2 rings (SSSR count). The van der Waals surface area contributed by atoms with E-state index in [0.717, 1.165) is 4.70 Å². The second-order valence-electron chi connectivity index (χ2n) is 2.46. The van der Waals surface area contributed by atoms with E-state index in [-0.39, 0.29) is 5.82 Å². The van der Waals surface area contributed by atoms with Gasteiger partial charge in [-0.05, 0) is 12.1 Å². The van der Waals surface area contributed by atoms with Gasteiger partial charge in [0.2, 0.25) is 0 Å². The van der Waals surface area contributed by atoms with Gasteiger partial charge in [0.1, 0.15) is 5.82 Å². The number of anilines is 1. The van der Waals surface area contributed by atoms with E-state index in [1.165, 1.54) is 16.7 Å².